The van der Waals surface area contributed by atoms with Crippen LogP contribution in [-0.2, 0) is 17.7 Å². The van der Waals surface area contributed by atoms with Gasteiger partial charge < -0.3 is 22.0 Å². The Labute approximate surface area is 170 Å². The first-order valence-electron chi connectivity index (χ1n) is 9.48. The molecule has 1 aliphatic rings. The Morgan fingerprint density at radius 1 is 1.17 bits per heavy atom. The summed E-state index contributed by atoms with van der Waals surface area (Å²) in [4.78, 5) is 9.10. The van der Waals surface area contributed by atoms with Crippen LogP contribution in [-0.4, -0.2) is 41.8 Å². The fourth-order valence-corrected chi connectivity index (χ4v) is 3.45. The van der Waals surface area contributed by atoms with Crippen LogP contribution >= 0.6 is 0 Å². The molecule has 30 heavy (non-hydrogen) atoms. The molecular formula is C19H20N10O. The van der Waals surface area contributed by atoms with Gasteiger partial charge in [0.2, 0.25) is 11.8 Å². The molecule has 0 spiro atoms. The zero-order valence-electron chi connectivity index (χ0n) is 16.1. The Balaban J connectivity index is 1.44. The Kier molecular flexibility index (Phi) is 4.20. The van der Waals surface area contributed by atoms with Gasteiger partial charge in [-0.15, -0.1) is 5.10 Å². The number of nitrogen functional groups attached to an aromatic ring is 1. The molecule has 11 nitrogen and oxygen atoms in total. The fraction of sp³-hybridized carbons (Fsp3) is 0.211. The molecule has 152 valence electrons. The largest absolute Gasteiger partial charge is 0.490 e. The molecule has 0 radical (unpaired) electrons. The molecule has 1 aliphatic heterocycles. The van der Waals surface area contributed by atoms with E-state index < -0.39 is 0 Å². The van der Waals surface area contributed by atoms with Gasteiger partial charge >= 0.3 is 0 Å². The van der Waals surface area contributed by atoms with E-state index in [1.165, 1.54) is 4.52 Å². The molecule has 0 amide bonds. The maximum atomic E-state index is 6.14. The summed E-state index contributed by atoms with van der Waals surface area (Å²) in [7, 11) is 0. The third-order valence-electron chi connectivity index (χ3n) is 5.02. The van der Waals surface area contributed by atoms with E-state index in [1.807, 2.05) is 35.0 Å². The highest BCUT2D eigenvalue weighted by Crippen LogP contribution is 2.24. The summed E-state index contributed by atoms with van der Waals surface area (Å²) in [5, 5.41) is 13.2. The molecule has 0 saturated heterocycles. The Bertz CT molecular complexity index is 1300. The van der Waals surface area contributed by atoms with Crippen LogP contribution < -0.4 is 17.3 Å². The number of hydrazone groups is 1. The molecule has 0 bridgehead atoms. The number of hydrogen-bond acceptors (Lipinski definition) is 8. The lowest BCUT2D eigenvalue weighted by atomic mass is 10.1. The lowest BCUT2D eigenvalue weighted by molar-refractivity contribution is 0.305. The Morgan fingerprint density at radius 2 is 2.00 bits per heavy atom. The van der Waals surface area contributed by atoms with Gasteiger partial charge in [-0.25, -0.2) is 9.67 Å². The second kappa shape index (κ2) is 7.03. The van der Waals surface area contributed by atoms with Crippen molar-refractivity contribution in [1.82, 2.24) is 29.4 Å². The molecule has 0 aliphatic carbocycles. The fourth-order valence-electron chi connectivity index (χ4n) is 3.45. The molecule has 4 aromatic rings. The van der Waals surface area contributed by atoms with Gasteiger partial charge in [0, 0.05) is 18.5 Å². The van der Waals surface area contributed by atoms with Crippen molar-refractivity contribution in [3.8, 4) is 0 Å². The second-order valence-electron chi connectivity index (χ2n) is 6.91. The SMILES string of the molecule is NN=C(N)c1ccc(CCn2ncc3c2nc(N)n2nc(C4=CCCO4)nc32)cc1. The third kappa shape index (κ3) is 2.96. The Hall–Kier alpha value is -4.15. The minimum atomic E-state index is 0.248. The first kappa shape index (κ1) is 17.9. The summed E-state index contributed by atoms with van der Waals surface area (Å²) in [6.45, 7) is 1.26. The monoisotopic (exact) mass is 404 g/mol. The van der Waals surface area contributed by atoms with Gasteiger partial charge in [0.05, 0.1) is 18.2 Å². The summed E-state index contributed by atoms with van der Waals surface area (Å²) in [6, 6.07) is 7.75. The van der Waals surface area contributed by atoms with Crippen molar-refractivity contribution < 1.29 is 4.74 Å². The molecule has 0 atom stereocenters. The number of amidine groups is 1. The summed E-state index contributed by atoms with van der Waals surface area (Å²) < 4.78 is 8.90. The number of anilines is 1. The van der Waals surface area contributed by atoms with E-state index >= 15 is 0 Å². The average Bonchev–Trinajstić information content (AvgIpc) is 3.51. The number of nitrogens with two attached hydrogens (primary N) is 3. The van der Waals surface area contributed by atoms with Crippen molar-refractivity contribution >= 4 is 34.2 Å². The smallest absolute Gasteiger partial charge is 0.225 e. The van der Waals surface area contributed by atoms with Crippen LogP contribution in [0.4, 0.5) is 5.95 Å². The molecular weight excluding hydrogens is 384 g/mol. The van der Waals surface area contributed by atoms with Crippen molar-refractivity contribution in [2.45, 2.75) is 19.4 Å². The number of fused-ring (bicyclic) bond motifs is 3. The van der Waals surface area contributed by atoms with Crippen molar-refractivity contribution in [2.75, 3.05) is 12.3 Å². The highest BCUT2D eigenvalue weighted by atomic mass is 16.5. The van der Waals surface area contributed by atoms with Gasteiger partial charge in [-0.05, 0) is 18.1 Å². The molecule has 1 aromatic carbocycles. The van der Waals surface area contributed by atoms with Crippen LogP contribution in [0.5, 0.6) is 0 Å². The van der Waals surface area contributed by atoms with E-state index in [4.69, 9.17) is 22.0 Å². The van der Waals surface area contributed by atoms with E-state index in [-0.39, 0.29) is 5.95 Å². The van der Waals surface area contributed by atoms with E-state index in [1.54, 1.807) is 6.20 Å². The lowest BCUT2D eigenvalue weighted by Crippen LogP contribution is -2.15. The molecule has 4 heterocycles. The third-order valence-corrected chi connectivity index (χ3v) is 5.02. The first-order valence-corrected chi connectivity index (χ1v) is 9.48. The number of ether oxygens (including phenoxy) is 1. The molecule has 3 aromatic heterocycles. The molecule has 0 saturated carbocycles. The van der Waals surface area contributed by atoms with Crippen molar-refractivity contribution in [1.29, 1.82) is 0 Å². The minimum Gasteiger partial charge on any atom is -0.490 e. The van der Waals surface area contributed by atoms with E-state index in [0.29, 0.717) is 41.9 Å². The number of benzene rings is 1. The summed E-state index contributed by atoms with van der Waals surface area (Å²) in [5.41, 5.74) is 15.0. The number of nitrogens with zero attached hydrogens (tertiary/aromatic N) is 7. The quantitative estimate of drug-likeness (QED) is 0.189. The van der Waals surface area contributed by atoms with Crippen molar-refractivity contribution in [3.63, 3.8) is 0 Å². The van der Waals surface area contributed by atoms with Crippen LogP contribution in [0.3, 0.4) is 0 Å². The van der Waals surface area contributed by atoms with Crippen molar-refractivity contribution in [3.05, 3.63) is 53.5 Å². The topological polar surface area (TPSA) is 161 Å². The first-order chi connectivity index (χ1) is 14.6. The van der Waals surface area contributed by atoms with Gasteiger partial charge in [0.15, 0.2) is 17.1 Å². The maximum absolute atomic E-state index is 6.14. The number of rotatable bonds is 5. The summed E-state index contributed by atoms with van der Waals surface area (Å²) >= 11 is 0. The molecule has 5 rings (SSSR count). The van der Waals surface area contributed by atoms with E-state index in [2.05, 4.69) is 25.3 Å². The van der Waals surface area contributed by atoms with Gasteiger partial charge in [-0.1, -0.05) is 24.3 Å². The standard InChI is InChI=1S/C19H20N10O/c20-15(26-22)12-5-3-11(4-6-12)7-8-28-17-13(10-23-28)18-24-16(14-2-1-9-30-14)27-29(18)19(21)25-17/h2-6,10H,1,7-9,22H2,(H2,20,26)(H2,21,25). The molecule has 0 fully saturated rings. The van der Waals surface area contributed by atoms with E-state index in [0.717, 1.165) is 29.4 Å². The zero-order chi connectivity index (χ0) is 20.7. The van der Waals surface area contributed by atoms with Crippen LogP contribution in [0.1, 0.15) is 23.4 Å². The molecule has 0 unspecified atom stereocenters. The van der Waals surface area contributed by atoms with E-state index in [9.17, 15) is 0 Å². The maximum Gasteiger partial charge on any atom is 0.225 e. The van der Waals surface area contributed by atoms with Gasteiger partial charge in [0.1, 0.15) is 5.84 Å². The Morgan fingerprint density at radius 3 is 2.73 bits per heavy atom. The molecule has 6 N–H and O–H groups in total. The predicted octanol–water partition coefficient (Wildman–Crippen LogP) is 0.639. The summed E-state index contributed by atoms with van der Waals surface area (Å²) in [5.74, 6) is 6.94. The number of hydrogen-bond donors (Lipinski definition) is 3. The number of aromatic nitrogens is 6. The van der Waals surface area contributed by atoms with Gasteiger partial charge in [-0.2, -0.15) is 19.7 Å². The number of aryl methyl sites for hydroxylation is 2. The molecule has 11 heteroatoms. The highest BCUT2D eigenvalue weighted by Gasteiger charge is 2.19. The normalized spacial score (nSPS) is 14.4. The lowest BCUT2D eigenvalue weighted by Gasteiger charge is -2.06. The highest BCUT2D eigenvalue weighted by molar-refractivity contribution is 5.97. The average molecular weight is 404 g/mol. The second-order valence-corrected chi connectivity index (χ2v) is 6.91. The van der Waals surface area contributed by atoms with Gasteiger partial charge in [0.25, 0.3) is 0 Å². The zero-order valence-corrected chi connectivity index (χ0v) is 16.1. The minimum absolute atomic E-state index is 0.248. The van der Waals surface area contributed by atoms with Crippen LogP contribution in [0.25, 0.3) is 22.4 Å². The van der Waals surface area contributed by atoms with Crippen LogP contribution in [0, 0.1) is 0 Å². The van der Waals surface area contributed by atoms with Gasteiger partial charge in [-0.3, -0.25) is 0 Å². The van der Waals surface area contributed by atoms with Crippen LogP contribution in [0.15, 0.2) is 41.6 Å². The summed E-state index contributed by atoms with van der Waals surface area (Å²) in [6.07, 6.45) is 5.30. The van der Waals surface area contributed by atoms with Crippen LogP contribution in [0.2, 0.25) is 0 Å². The van der Waals surface area contributed by atoms with Crippen molar-refractivity contribution in [2.24, 2.45) is 16.7 Å². The predicted molar refractivity (Wildman–Crippen MR) is 112 cm³/mol.